The summed E-state index contributed by atoms with van der Waals surface area (Å²) in [5.41, 5.74) is -1.08. The van der Waals surface area contributed by atoms with E-state index in [1.165, 1.54) is 0 Å². The van der Waals surface area contributed by atoms with E-state index in [0.717, 1.165) is 12.0 Å². The molecule has 0 amide bonds. The minimum absolute atomic E-state index is 0.0269. The molecular formula is C56H83NO13. The van der Waals surface area contributed by atoms with Crippen LogP contribution in [0.5, 0.6) is 0 Å². The molecule has 2 aromatic carbocycles. The lowest BCUT2D eigenvalue weighted by Crippen LogP contribution is -2.62. The van der Waals surface area contributed by atoms with Crippen LogP contribution >= 0.6 is 0 Å². The maximum Gasteiger partial charge on any atom is 0.338 e. The molecule has 3 unspecified atom stereocenters. The fourth-order valence-corrected chi connectivity index (χ4v) is 11.8. The van der Waals surface area contributed by atoms with Crippen molar-refractivity contribution in [3.8, 4) is 0 Å². The van der Waals surface area contributed by atoms with Crippen LogP contribution in [0.3, 0.4) is 0 Å². The topological polar surface area (TPSA) is 147 Å². The lowest BCUT2D eigenvalue weighted by Gasteiger charge is -2.52. The molecule has 0 aliphatic carbocycles. The van der Waals surface area contributed by atoms with Crippen molar-refractivity contribution in [2.24, 2.45) is 29.6 Å². The van der Waals surface area contributed by atoms with Gasteiger partial charge in [0.1, 0.15) is 11.7 Å². The molecule has 4 saturated heterocycles. The Balaban J connectivity index is 1.45. The van der Waals surface area contributed by atoms with Gasteiger partial charge in [-0.25, -0.2) is 9.59 Å². The number of nitrogens with zero attached hydrogens (tertiary/aromatic N) is 1. The number of esters is 3. The van der Waals surface area contributed by atoms with Crippen molar-refractivity contribution in [3.63, 3.8) is 0 Å². The number of ether oxygens (including phenoxy) is 10. The highest BCUT2D eigenvalue weighted by Gasteiger charge is 2.55. The van der Waals surface area contributed by atoms with Gasteiger partial charge in [0.15, 0.2) is 24.8 Å². The summed E-state index contributed by atoms with van der Waals surface area (Å²) in [6.07, 6.45) is -4.95. The molecule has 2 aromatic rings. The summed E-state index contributed by atoms with van der Waals surface area (Å²) < 4.78 is 66.8. The summed E-state index contributed by atoms with van der Waals surface area (Å²) in [5.74, 6) is -2.82. The summed E-state index contributed by atoms with van der Waals surface area (Å²) in [6, 6.07) is 17.4. The number of carbonyl (C=O) groups is 3. The Morgan fingerprint density at radius 1 is 0.743 bits per heavy atom. The average molecular weight is 978 g/mol. The molecule has 0 spiro atoms. The highest BCUT2D eigenvalue weighted by molar-refractivity contribution is 5.90. The Kier molecular flexibility index (Phi) is 18.3. The predicted octanol–water partition coefficient (Wildman–Crippen LogP) is 9.23. The van der Waals surface area contributed by atoms with Crippen molar-refractivity contribution < 1.29 is 61.8 Å². The van der Waals surface area contributed by atoms with Crippen LogP contribution in [-0.4, -0.2) is 135 Å². The van der Waals surface area contributed by atoms with Crippen molar-refractivity contribution >= 4 is 17.9 Å². The maximum absolute atomic E-state index is 14.9. The smallest absolute Gasteiger partial charge is 0.338 e. The first-order chi connectivity index (χ1) is 33.0. The Morgan fingerprint density at radius 2 is 1.31 bits per heavy atom. The predicted molar refractivity (Wildman–Crippen MR) is 265 cm³/mol. The van der Waals surface area contributed by atoms with Crippen LogP contribution in [0, 0.1) is 29.6 Å². The zero-order chi connectivity index (χ0) is 51.5. The standard InChI is InChI=1S/C56H83NO13/c1-17-43-35(5)46-34(4)41(30-54(9,10)70-46)32(2)29-55(11,61-15)48(69-53-47(42(57(13)14)28-33(3)63-53)67-51(59)39-24-20-18-21-25-39)36(6)45(37(7)50(58)65-43)66-44-31-56(12,62-16)49(38(8)64-44)68-52(60)40-26-22-19-23-27-40/h18-27,32-34,36-38,41-49,53H,5,17,28-31H2,1-4,6-16H3/t32-,33-,34+,36+,37-,38+,41+,42+,43-,44?,45+,46?,47-,48-,49+,53?,55+,56-/m1/s1. The van der Waals surface area contributed by atoms with Gasteiger partial charge < -0.3 is 52.3 Å². The van der Waals surface area contributed by atoms with Crippen LogP contribution < -0.4 is 0 Å². The van der Waals surface area contributed by atoms with Gasteiger partial charge >= 0.3 is 17.9 Å². The van der Waals surface area contributed by atoms with Crippen molar-refractivity contribution in [1.29, 1.82) is 0 Å². The SMILES string of the molecule is C=C1C2OC(C)(C)C[C@@H]([C@H](C)C[C@](C)(OC)[C@H](OC3O[C@H](C)C[C@H](N(C)C)[C@H]3OC(=O)c3ccccc3)[C@@H](C)[C@H](OC3C[C@@](C)(OC)[C@@H](OC(=O)c4ccccc4)[C@H](C)O3)[C@@H](C)C(=O)O[C@@H]1CC)[C@@H]2C. The largest absolute Gasteiger partial charge is 0.457 e. The highest BCUT2D eigenvalue weighted by Crippen LogP contribution is 2.48. The summed E-state index contributed by atoms with van der Waals surface area (Å²) in [5, 5.41) is 0. The van der Waals surface area contributed by atoms with Gasteiger partial charge in [-0.05, 0) is 136 Å². The van der Waals surface area contributed by atoms with Crippen LogP contribution in [0.25, 0.3) is 0 Å². The van der Waals surface area contributed by atoms with E-state index in [2.05, 4.69) is 34.3 Å². The van der Waals surface area contributed by atoms with E-state index in [9.17, 15) is 14.4 Å². The third kappa shape index (κ3) is 12.4. The Morgan fingerprint density at radius 3 is 1.87 bits per heavy atom. The van der Waals surface area contributed by atoms with Gasteiger partial charge in [-0.15, -0.1) is 0 Å². The second-order valence-corrected chi connectivity index (χ2v) is 21.9. The van der Waals surface area contributed by atoms with Crippen LogP contribution in [-0.2, 0) is 52.2 Å². The quantitative estimate of drug-likeness (QED) is 0.113. The molecule has 4 aliphatic heterocycles. The monoisotopic (exact) mass is 978 g/mol. The molecule has 4 aliphatic rings. The van der Waals surface area contributed by atoms with E-state index in [1.54, 1.807) is 69.7 Å². The number of hydrogen-bond acceptors (Lipinski definition) is 14. The van der Waals surface area contributed by atoms with E-state index in [-0.39, 0.29) is 42.4 Å². The lowest BCUT2D eigenvalue weighted by atomic mass is 9.66. The molecule has 2 bridgehead atoms. The molecule has 0 radical (unpaired) electrons. The second kappa shape index (κ2) is 23.0. The number of hydrogen-bond donors (Lipinski definition) is 0. The van der Waals surface area contributed by atoms with Crippen molar-refractivity contribution in [1.82, 2.24) is 4.90 Å². The van der Waals surface area contributed by atoms with Crippen LogP contribution in [0.4, 0.5) is 0 Å². The summed E-state index contributed by atoms with van der Waals surface area (Å²) in [4.78, 5) is 44.4. The molecule has 4 fully saturated rings. The fraction of sp³-hybridized carbons (Fsp3) is 0.696. The van der Waals surface area contributed by atoms with Crippen molar-refractivity contribution in [2.45, 2.75) is 193 Å². The van der Waals surface area contributed by atoms with Gasteiger partial charge in [0.25, 0.3) is 0 Å². The first-order valence-corrected chi connectivity index (χ1v) is 25.4. The van der Waals surface area contributed by atoms with Gasteiger partial charge in [-0.2, -0.15) is 0 Å². The van der Waals surface area contributed by atoms with Gasteiger partial charge in [-0.1, -0.05) is 70.7 Å². The van der Waals surface area contributed by atoms with Crippen molar-refractivity contribution in [3.05, 3.63) is 83.9 Å². The minimum atomic E-state index is -1.07. The van der Waals surface area contributed by atoms with E-state index >= 15 is 0 Å². The van der Waals surface area contributed by atoms with Gasteiger partial charge in [0, 0.05) is 26.6 Å². The summed E-state index contributed by atoms with van der Waals surface area (Å²) in [7, 11) is 7.18. The number of cyclic esters (lactones) is 1. The Hall–Kier alpha value is -3.73. The molecule has 4 heterocycles. The zero-order valence-electron chi connectivity index (χ0n) is 44.5. The number of carbonyl (C=O) groups excluding carboxylic acids is 3. The van der Waals surface area contributed by atoms with E-state index in [0.29, 0.717) is 30.4 Å². The molecule has 0 saturated carbocycles. The minimum Gasteiger partial charge on any atom is -0.457 e. The van der Waals surface area contributed by atoms with Crippen molar-refractivity contribution in [2.75, 3.05) is 28.3 Å². The fourth-order valence-electron chi connectivity index (χ4n) is 11.8. The molecule has 390 valence electrons. The summed E-state index contributed by atoms with van der Waals surface area (Å²) >= 11 is 0. The number of rotatable bonds is 12. The number of methoxy groups -OCH3 is 2. The molecule has 0 N–H and O–H groups in total. The Labute approximate surface area is 417 Å². The normalized spacial score (nSPS) is 39.6. The number of benzene rings is 2. The van der Waals surface area contributed by atoms with Crippen LogP contribution in [0.1, 0.15) is 129 Å². The van der Waals surface area contributed by atoms with Gasteiger partial charge in [-0.3, -0.25) is 4.79 Å². The molecule has 14 heteroatoms. The first kappa shape index (κ1) is 55.6. The van der Waals surface area contributed by atoms with E-state index in [1.807, 2.05) is 72.7 Å². The molecule has 18 atom stereocenters. The average Bonchev–Trinajstić information content (AvgIpc) is 3.33. The second-order valence-electron chi connectivity index (χ2n) is 21.9. The zero-order valence-corrected chi connectivity index (χ0v) is 44.5. The third-order valence-electron chi connectivity index (χ3n) is 15.9. The van der Waals surface area contributed by atoms with Gasteiger partial charge in [0.2, 0.25) is 0 Å². The van der Waals surface area contributed by atoms with E-state index < -0.39 is 95.8 Å². The number of likely N-dealkylation sites (N-methyl/N-ethyl adjacent to an activating group) is 1. The summed E-state index contributed by atoms with van der Waals surface area (Å²) in [6.45, 7) is 26.7. The molecule has 70 heavy (non-hydrogen) atoms. The molecule has 6 rings (SSSR count). The van der Waals surface area contributed by atoms with E-state index in [4.69, 9.17) is 47.4 Å². The molecular weight excluding hydrogens is 895 g/mol. The van der Waals surface area contributed by atoms with Crippen LogP contribution in [0.2, 0.25) is 0 Å². The molecule has 0 aromatic heterocycles. The highest BCUT2D eigenvalue weighted by atomic mass is 16.7. The molecule has 14 nitrogen and oxygen atoms in total. The van der Waals surface area contributed by atoms with Gasteiger partial charge in [0.05, 0.1) is 64.8 Å². The number of fused-ring (bicyclic) bond motifs is 2. The first-order valence-electron chi connectivity index (χ1n) is 25.4. The van der Waals surface area contributed by atoms with Crippen LogP contribution in [0.15, 0.2) is 72.8 Å². The maximum atomic E-state index is 14.9. The third-order valence-corrected chi connectivity index (χ3v) is 15.9. The Bertz CT molecular complexity index is 2070. The lowest BCUT2D eigenvalue weighted by molar-refractivity contribution is -0.319.